The Morgan fingerprint density at radius 3 is 2.48 bits per heavy atom. The van der Waals surface area contributed by atoms with Crippen LogP contribution in [0.15, 0.2) is 47.6 Å². The highest BCUT2D eigenvalue weighted by molar-refractivity contribution is 6.31. The van der Waals surface area contributed by atoms with E-state index >= 15 is 0 Å². The van der Waals surface area contributed by atoms with Gasteiger partial charge in [-0.25, -0.2) is 0 Å². The van der Waals surface area contributed by atoms with E-state index in [9.17, 15) is 22.8 Å². The molecule has 11 heteroatoms. The van der Waals surface area contributed by atoms with Gasteiger partial charge >= 0.3 is 6.18 Å². The zero-order valence-electron chi connectivity index (χ0n) is 16.7. The maximum atomic E-state index is 12.7. The molecule has 0 aliphatic heterocycles. The maximum absolute atomic E-state index is 12.7. The van der Waals surface area contributed by atoms with Crippen LogP contribution in [0.2, 0.25) is 0 Å². The maximum Gasteiger partial charge on any atom is 0.416 e. The lowest BCUT2D eigenvalue weighted by Crippen LogP contribution is -2.26. The molecule has 0 fully saturated rings. The molecule has 8 nitrogen and oxygen atoms in total. The number of nitrogens with one attached hydrogen (secondary N) is 2. The number of ether oxygens (including phenoxy) is 2. The van der Waals surface area contributed by atoms with E-state index in [0.717, 1.165) is 23.8 Å². The van der Waals surface area contributed by atoms with Crippen LogP contribution in [0.25, 0.3) is 0 Å². The molecule has 0 saturated heterocycles. The van der Waals surface area contributed by atoms with E-state index in [1.54, 1.807) is 18.2 Å². The van der Waals surface area contributed by atoms with Crippen molar-refractivity contribution in [1.82, 2.24) is 5.32 Å². The molecule has 0 unspecified atom stereocenters. The third kappa shape index (κ3) is 7.53. The molecular formula is C20H20F3N3O5. The molecule has 31 heavy (non-hydrogen) atoms. The summed E-state index contributed by atoms with van der Waals surface area (Å²) in [5.74, 6) is -0.240. The molecule has 2 N–H and O–H groups in total. The largest absolute Gasteiger partial charge is 0.493 e. The van der Waals surface area contributed by atoms with Crippen LogP contribution in [-0.4, -0.2) is 38.9 Å². The Labute approximate surface area is 176 Å². The Kier molecular flexibility index (Phi) is 8.24. The predicted octanol–water partition coefficient (Wildman–Crippen LogP) is 2.98. The summed E-state index contributed by atoms with van der Waals surface area (Å²) < 4.78 is 48.3. The Hall–Kier alpha value is -3.76. The van der Waals surface area contributed by atoms with Crippen LogP contribution in [0.4, 0.5) is 18.9 Å². The van der Waals surface area contributed by atoms with Crippen LogP contribution >= 0.6 is 0 Å². The highest BCUT2D eigenvalue weighted by atomic mass is 19.4. The summed E-state index contributed by atoms with van der Waals surface area (Å²) in [4.78, 5) is 28.2. The second-order valence-corrected chi connectivity index (χ2v) is 6.04. The number of rotatable bonds is 9. The van der Waals surface area contributed by atoms with Crippen molar-refractivity contribution < 1.29 is 37.1 Å². The fourth-order valence-corrected chi connectivity index (χ4v) is 2.37. The molecule has 0 saturated carbocycles. The minimum atomic E-state index is -4.53. The molecule has 2 aromatic carbocycles. The first-order chi connectivity index (χ1) is 14.7. The van der Waals surface area contributed by atoms with Crippen LogP contribution in [0, 0.1) is 0 Å². The van der Waals surface area contributed by atoms with Crippen LogP contribution in [0.3, 0.4) is 0 Å². The second kappa shape index (κ2) is 10.9. The van der Waals surface area contributed by atoms with Crippen molar-refractivity contribution in [2.45, 2.75) is 12.7 Å². The van der Waals surface area contributed by atoms with Gasteiger partial charge in [0.15, 0.2) is 18.1 Å². The normalized spacial score (nSPS) is 11.1. The zero-order valence-corrected chi connectivity index (χ0v) is 16.7. The van der Waals surface area contributed by atoms with Crippen molar-refractivity contribution in [1.29, 1.82) is 0 Å². The molecule has 2 aromatic rings. The Balaban J connectivity index is 1.76. The lowest BCUT2D eigenvalue weighted by atomic mass is 10.2. The molecule has 0 heterocycles. The molecular weight excluding hydrogens is 419 g/mol. The van der Waals surface area contributed by atoms with Gasteiger partial charge in [0.25, 0.3) is 11.8 Å². The molecule has 0 spiro atoms. The first-order valence-electron chi connectivity index (χ1n) is 8.84. The summed E-state index contributed by atoms with van der Waals surface area (Å²) in [6, 6.07) is 9.28. The summed E-state index contributed by atoms with van der Waals surface area (Å²) in [5, 5.41) is 8.14. The first-order valence-corrected chi connectivity index (χ1v) is 8.84. The molecule has 2 rings (SSSR count). The fourth-order valence-electron chi connectivity index (χ4n) is 2.37. The standard InChI is InChI=1S/C20H20F3N3O5/c1-29-16-7-6-13(8-17(16)30-2)10-24-19(28)12-31-25-11-18(27)26-15-5-3-4-14(9-15)20(21,22)23/h3-9,11H,10,12H2,1-2H3,(H,24,28)(H,26,27)/b25-11+. The summed E-state index contributed by atoms with van der Waals surface area (Å²) in [6.45, 7) is -0.261. The average Bonchev–Trinajstić information content (AvgIpc) is 2.74. The van der Waals surface area contributed by atoms with Gasteiger partial charge in [-0.1, -0.05) is 17.3 Å². The highest BCUT2D eigenvalue weighted by Crippen LogP contribution is 2.30. The number of amides is 2. The lowest BCUT2D eigenvalue weighted by molar-refractivity contribution is -0.137. The van der Waals surface area contributed by atoms with E-state index in [2.05, 4.69) is 15.8 Å². The van der Waals surface area contributed by atoms with Crippen LogP contribution in [0.5, 0.6) is 11.5 Å². The van der Waals surface area contributed by atoms with Crippen molar-refractivity contribution in [2.24, 2.45) is 5.16 Å². The zero-order chi connectivity index (χ0) is 22.9. The minimum Gasteiger partial charge on any atom is -0.493 e. The van der Waals surface area contributed by atoms with E-state index in [1.807, 2.05) is 0 Å². The van der Waals surface area contributed by atoms with E-state index < -0.39 is 30.2 Å². The molecule has 0 aromatic heterocycles. The predicted molar refractivity (Wildman–Crippen MR) is 106 cm³/mol. The lowest BCUT2D eigenvalue weighted by Gasteiger charge is -2.10. The molecule has 0 radical (unpaired) electrons. The number of carbonyl (C=O) groups excluding carboxylic acids is 2. The van der Waals surface area contributed by atoms with E-state index in [4.69, 9.17) is 14.3 Å². The number of nitrogens with zero attached hydrogens (tertiary/aromatic N) is 1. The van der Waals surface area contributed by atoms with E-state index in [1.165, 1.54) is 20.3 Å². The molecule has 0 bridgehead atoms. The topological polar surface area (TPSA) is 98.3 Å². The van der Waals surface area contributed by atoms with E-state index in [-0.39, 0.29) is 12.2 Å². The monoisotopic (exact) mass is 439 g/mol. The van der Waals surface area contributed by atoms with Gasteiger partial charge in [-0.15, -0.1) is 0 Å². The van der Waals surface area contributed by atoms with Gasteiger partial charge in [-0.3, -0.25) is 9.59 Å². The van der Waals surface area contributed by atoms with Gasteiger partial charge in [-0.2, -0.15) is 13.2 Å². The van der Waals surface area contributed by atoms with Gasteiger partial charge in [0.1, 0.15) is 6.21 Å². The first kappa shape index (κ1) is 23.5. The van der Waals surface area contributed by atoms with Crippen LogP contribution < -0.4 is 20.1 Å². The van der Waals surface area contributed by atoms with Crippen molar-refractivity contribution in [2.75, 3.05) is 26.1 Å². The number of methoxy groups -OCH3 is 2. The minimum absolute atomic E-state index is 0.0565. The number of alkyl halides is 3. The highest BCUT2D eigenvalue weighted by Gasteiger charge is 2.30. The number of benzene rings is 2. The van der Waals surface area contributed by atoms with Gasteiger partial charge in [-0.05, 0) is 35.9 Å². The molecule has 0 atom stereocenters. The third-order valence-electron chi connectivity index (χ3n) is 3.84. The second-order valence-electron chi connectivity index (χ2n) is 6.04. The summed E-state index contributed by atoms with van der Waals surface area (Å²) in [6.07, 6.45) is -3.82. The Bertz CT molecular complexity index is 948. The smallest absolute Gasteiger partial charge is 0.416 e. The quantitative estimate of drug-likeness (QED) is 0.463. The SMILES string of the molecule is COc1ccc(CNC(=O)CO/N=C/C(=O)Nc2cccc(C(F)(F)F)c2)cc1OC. The van der Waals surface area contributed by atoms with Crippen LogP contribution in [0.1, 0.15) is 11.1 Å². The molecule has 2 amide bonds. The number of hydrogen-bond donors (Lipinski definition) is 2. The third-order valence-corrected chi connectivity index (χ3v) is 3.84. The van der Waals surface area contributed by atoms with Gasteiger partial charge in [0, 0.05) is 12.2 Å². The number of hydrogen-bond acceptors (Lipinski definition) is 6. The van der Waals surface area contributed by atoms with Gasteiger partial charge < -0.3 is 24.9 Å². The van der Waals surface area contributed by atoms with Crippen molar-refractivity contribution in [3.05, 3.63) is 53.6 Å². The number of carbonyl (C=O) groups is 2. The molecule has 166 valence electrons. The van der Waals surface area contributed by atoms with Crippen molar-refractivity contribution in [3.63, 3.8) is 0 Å². The van der Waals surface area contributed by atoms with Gasteiger partial charge in [0.2, 0.25) is 0 Å². The Morgan fingerprint density at radius 2 is 1.81 bits per heavy atom. The van der Waals surface area contributed by atoms with Crippen molar-refractivity contribution in [3.8, 4) is 11.5 Å². The van der Waals surface area contributed by atoms with Gasteiger partial charge in [0.05, 0.1) is 19.8 Å². The Morgan fingerprint density at radius 1 is 1.06 bits per heavy atom. The summed E-state index contributed by atoms with van der Waals surface area (Å²) in [7, 11) is 3.01. The number of oxime groups is 1. The molecule has 0 aliphatic carbocycles. The van der Waals surface area contributed by atoms with E-state index in [0.29, 0.717) is 17.7 Å². The average molecular weight is 439 g/mol. The fraction of sp³-hybridized carbons (Fsp3) is 0.250. The number of halogens is 3. The summed E-state index contributed by atoms with van der Waals surface area (Å²) >= 11 is 0. The number of anilines is 1. The van der Waals surface area contributed by atoms with Crippen molar-refractivity contribution >= 4 is 23.7 Å². The summed E-state index contributed by atoms with van der Waals surface area (Å²) in [5.41, 5.74) is -0.196. The molecule has 0 aliphatic rings. The van der Waals surface area contributed by atoms with Crippen LogP contribution in [-0.2, 0) is 27.1 Å².